The van der Waals surface area contributed by atoms with Crippen LogP contribution < -0.4 is 10.1 Å². The van der Waals surface area contributed by atoms with Crippen molar-refractivity contribution in [3.8, 4) is 16.9 Å². The molecule has 2 aromatic carbocycles. The van der Waals surface area contributed by atoms with Crippen molar-refractivity contribution in [2.24, 2.45) is 0 Å². The van der Waals surface area contributed by atoms with Crippen LogP contribution in [0.2, 0.25) is 0 Å². The summed E-state index contributed by atoms with van der Waals surface area (Å²) in [4.78, 5) is 16.8. The van der Waals surface area contributed by atoms with Gasteiger partial charge >= 0.3 is 0 Å². The van der Waals surface area contributed by atoms with E-state index in [4.69, 9.17) is 9.15 Å². The lowest BCUT2D eigenvalue weighted by Crippen LogP contribution is -2.10. The molecule has 0 radical (unpaired) electrons. The van der Waals surface area contributed by atoms with Gasteiger partial charge in [-0.25, -0.2) is 4.98 Å². The van der Waals surface area contributed by atoms with Gasteiger partial charge < -0.3 is 14.5 Å². The number of furan rings is 1. The van der Waals surface area contributed by atoms with Crippen LogP contribution in [0.4, 0.5) is 5.82 Å². The normalized spacial score (nSPS) is 11.6. The second kappa shape index (κ2) is 9.10. The summed E-state index contributed by atoms with van der Waals surface area (Å²) < 4.78 is 11.7. The van der Waals surface area contributed by atoms with E-state index in [0.29, 0.717) is 18.2 Å². The molecule has 0 spiro atoms. The fourth-order valence-corrected chi connectivity index (χ4v) is 3.64. The van der Waals surface area contributed by atoms with Crippen LogP contribution in [0.15, 0.2) is 71.5 Å². The number of ether oxygens (including phenoxy) is 1. The molecule has 162 valence electrons. The molecule has 0 bridgehead atoms. The second-order valence-electron chi connectivity index (χ2n) is 7.83. The van der Waals surface area contributed by atoms with Crippen LogP contribution in [-0.2, 0) is 4.79 Å². The van der Waals surface area contributed by atoms with Crippen molar-refractivity contribution in [2.45, 2.75) is 27.7 Å². The average Bonchev–Trinajstić information content (AvgIpc) is 3.16. The van der Waals surface area contributed by atoms with Crippen LogP contribution in [0.1, 0.15) is 30.5 Å². The number of nitrogens with one attached hydrogen (secondary N) is 1. The predicted octanol–water partition coefficient (Wildman–Crippen LogP) is 6.55. The average molecular weight is 427 g/mol. The molecular formula is C27H26N2O3. The van der Waals surface area contributed by atoms with E-state index in [9.17, 15) is 4.79 Å². The quantitative estimate of drug-likeness (QED) is 0.355. The van der Waals surface area contributed by atoms with Crippen molar-refractivity contribution in [2.75, 3.05) is 11.9 Å². The first-order chi connectivity index (χ1) is 15.4. The van der Waals surface area contributed by atoms with E-state index in [1.54, 1.807) is 18.5 Å². The molecule has 0 aliphatic rings. The van der Waals surface area contributed by atoms with Crippen LogP contribution in [0.25, 0.3) is 27.7 Å². The number of amides is 1. The molecule has 0 atom stereocenters. The van der Waals surface area contributed by atoms with Gasteiger partial charge in [-0.15, -0.1) is 0 Å². The van der Waals surface area contributed by atoms with Crippen molar-refractivity contribution < 1.29 is 13.9 Å². The van der Waals surface area contributed by atoms with Crippen molar-refractivity contribution in [3.63, 3.8) is 0 Å². The van der Waals surface area contributed by atoms with Gasteiger partial charge in [0.25, 0.3) is 0 Å². The highest BCUT2D eigenvalue weighted by atomic mass is 16.5. The van der Waals surface area contributed by atoms with E-state index >= 15 is 0 Å². The number of anilines is 1. The lowest BCUT2D eigenvalue weighted by Gasteiger charge is -2.12. The molecule has 0 aliphatic heterocycles. The molecule has 0 saturated carbocycles. The number of fused-ring (bicyclic) bond motifs is 1. The molecule has 5 nitrogen and oxygen atoms in total. The first kappa shape index (κ1) is 21.4. The Labute approximate surface area is 187 Å². The second-order valence-corrected chi connectivity index (χ2v) is 7.83. The molecule has 32 heavy (non-hydrogen) atoms. The zero-order valence-corrected chi connectivity index (χ0v) is 18.7. The monoisotopic (exact) mass is 426 g/mol. The number of pyridine rings is 1. The van der Waals surface area contributed by atoms with E-state index < -0.39 is 0 Å². The van der Waals surface area contributed by atoms with Gasteiger partial charge in [0.05, 0.1) is 12.9 Å². The van der Waals surface area contributed by atoms with Crippen molar-refractivity contribution in [1.82, 2.24) is 4.98 Å². The maximum atomic E-state index is 12.6. The number of hydrogen-bond acceptors (Lipinski definition) is 4. The molecule has 0 unspecified atom stereocenters. The summed E-state index contributed by atoms with van der Waals surface area (Å²) in [5.74, 6) is 0.963. The van der Waals surface area contributed by atoms with Crippen LogP contribution in [-0.4, -0.2) is 17.5 Å². The van der Waals surface area contributed by atoms with Crippen LogP contribution >= 0.6 is 0 Å². The predicted molar refractivity (Wildman–Crippen MR) is 129 cm³/mol. The van der Waals surface area contributed by atoms with E-state index in [-0.39, 0.29) is 5.91 Å². The Kier molecular flexibility index (Phi) is 6.08. The maximum Gasteiger partial charge on any atom is 0.249 e. The van der Waals surface area contributed by atoms with Crippen molar-refractivity contribution >= 4 is 28.3 Å². The molecule has 1 N–H and O–H groups in total. The third kappa shape index (κ3) is 4.57. The first-order valence-corrected chi connectivity index (χ1v) is 10.6. The Hall–Kier alpha value is -3.86. The number of carbonyl (C=O) groups is 1. The fraction of sp³-hybridized carbons (Fsp3) is 0.185. The highest BCUT2D eigenvalue weighted by Crippen LogP contribution is 2.37. The summed E-state index contributed by atoms with van der Waals surface area (Å²) >= 11 is 0. The molecule has 0 fully saturated rings. The zero-order valence-electron chi connectivity index (χ0n) is 18.7. The minimum atomic E-state index is -0.242. The third-order valence-corrected chi connectivity index (χ3v) is 5.28. The molecule has 0 saturated heterocycles. The van der Waals surface area contributed by atoms with Gasteiger partial charge in [0.15, 0.2) is 0 Å². The third-order valence-electron chi connectivity index (χ3n) is 5.28. The van der Waals surface area contributed by atoms with Crippen LogP contribution in [0.5, 0.6) is 5.75 Å². The SMILES string of the molecule is CCOc1cc2occ(-c3ccc(C)cc3)c2cc1/C(C)=C/C(=O)Nc1cc(C)ccn1. The number of rotatable bonds is 6. The number of carbonyl (C=O) groups excluding carboxylic acids is 1. The molecule has 4 aromatic rings. The maximum absolute atomic E-state index is 12.6. The van der Waals surface area contributed by atoms with Gasteiger partial charge in [-0.05, 0) is 62.6 Å². The van der Waals surface area contributed by atoms with Gasteiger partial charge in [-0.1, -0.05) is 29.8 Å². The summed E-state index contributed by atoms with van der Waals surface area (Å²) in [7, 11) is 0. The number of nitrogens with zero attached hydrogens (tertiary/aromatic N) is 1. The number of benzene rings is 2. The summed E-state index contributed by atoms with van der Waals surface area (Å²) in [5.41, 5.74) is 6.70. The first-order valence-electron chi connectivity index (χ1n) is 10.6. The van der Waals surface area contributed by atoms with Crippen LogP contribution in [0, 0.1) is 13.8 Å². The number of aryl methyl sites for hydroxylation is 2. The zero-order chi connectivity index (χ0) is 22.7. The Morgan fingerprint density at radius 3 is 2.59 bits per heavy atom. The molecule has 5 heteroatoms. The standard InChI is InChI=1S/C27H26N2O3/c1-5-31-24-15-25-22(23(16-32-25)20-8-6-17(2)7-9-20)14-21(24)19(4)13-27(30)29-26-12-18(3)10-11-28-26/h6-16H,5H2,1-4H3,(H,28,29,30)/b19-13+. The molecule has 0 aliphatic carbocycles. The largest absolute Gasteiger partial charge is 0.493 e. The summed E-state index contributed by atoms with van der Waals surface area (Å²) in [6.07, 6.45) is 5.01. The Morgan fingerprint density at radius 2 is 1.88 bits per heavy atom. The number of allylic oxidation sites excluding steroid dienone is 1. The van der Waals surface area contributed by atoms with E-state index in [1.165, 1.54) is 5.56 Å². The van der Waals surface area contributed by atoms with Crippen molar-refractivity contribution in [3.05, 3.63) is 83.8 Å². The lowest BCUT2D eigenvalue weighted by molar-refractivity contribution is -0.111. The van der Waals surface area contributed by atoms with Crippen molar-refractivity contribution in [1.29, 1.82) is 0 Å². The van der Waals surface area contributed by atoms with Gasteiger partial charge in [-0.2, -0.15) is 0 Å². The van der Waals surface area contributed by atoms with Gasteiger partial charge in [0.2, 0.25) is 5.91 Å². The molecule has 2 heterocycles. The number of aromatic nitrogens is 1. The minimum Gasteiger partial charge on any atom is -0.493 e. The Bertz CT molecular complexity index is 1300. The minimum absolute atomic E-state index is 0.242. The van der Waals surface area contributed by atoms with E-state index in [1.807, 2.05) is 45.0 Å². The van der Waals surface area contributed by atoms with E-state index in [0.717, 1.165) is 38.8 Å². The highest BCUT2D eigenvalue weighted by molar-refractivity contribution is 6.05. The number of hydrogen-bond donors (Lipinski definition) is 1. The topological polar surface area (TPSA) is 64.4 Å². The lowest BCUT2D eigenvalue weighted by atomic mass is 9.99. The van der Waals surface area contributed by atoms with Gasteiger partial charge in [-0.3, -0.25) is 4.79 Å². The van der Waals surface area contributed by atoms with Crippen LogP contribution in [0.3, 0.4) is 0 Å². The molecule has 2 aromatic heterocycles. The summed E-state index contributed by atoms with van der Waals surface area (Å²) in [5, 5.41) is 3.80. The van der Waals surface area contributed by atoms with Gasteiger partial charge in [0.1, 0.15) is 17.2 Å². The molecular weight excluding hydrogens is 400 g/mol. The smallest absolute Gasteiger partial charge is 0.249 e. The van der Waals surface area contributed by atoms with E-state index in [2.05, 4.69) is 41.5 Å². The summed E-state index contributed by atoms with van der Waals surface area (Å²) in [6, 6.07) is 16.0. The fourth-order valence-electron chi connectivity index (χ4n) is 3.64. The van der Waals surface area contributed by atoms with Gasteiger partial charge in [0, 0.05) is 34.9 Å². The molecule has 1 amide bonds. The highest BCUT2D eigenvalue weighted by Gasteiger charge is 2.15. The Morgan fingerprint density at radius 1 is 1.09 bits per heavy atom. The summed E-state index contributed by atoms with van der Waals surface area (Å²) in [6.45, 7) is 8.37. The molecule has 4 rings (SSSR count). The Balaban J connectivity index is 1.72.